The molecule has 0 radical (unpaired) electrons. The van der Waals surface area contributed by atoms with Crippen LogP contribution in [0.3, 0.4) is 0 Å². The van der Waals surface area contributed by atoms with Gasteiger partial charge in [0, 0.05) is 18.4 Å². The van der Waals surface area contributed by atoms with Gasteiger partial charge >= 0.3 is 6.09 Å². The average molecular weight is 736 g/mol. The lowest BCUT2D eigenvalue weighted by Gasteiger charge is -2.46. The van der Waals surface area contributed by atoms with Crippen molar-refractivity contribution in [2.24, 2.45) is 17.8 Å². The summed E-state index contributed by atoms with van der Waals surface area (Å²) in [6.07, 6.45) is -1.45. The SMILES string of the molecule is C=C[C@@H](C(=O)N1C(=O)OC[C@H]1C)[C@@H](O)[C@H](CO[Si](C)(C)C(C)(C)C)[C@H](O[Si](C)(C)C(C)(C)C)C1(C)O[C@@H]1[C@@H](C)COCc1ccc(OC)cc1. The molecule has 8 atom stereocenters. The van der Waals surface area contributed by atoms with E-state index in [9.17, 15) is 14.7 Å². The molecule has 12 heteroatoms. The molecule has 284 valence electrons. The number of amides is 2. The van der Waals surface area contributed by atoms with E-state index in [1.54, 1.807) is 14.0 Å². The number of methoxy groups -OCH3 is 1. The molecule has 1 aromatic carbocycles. The predicted octanol–water partition coefficient (Wildman–Crippen LogP) is 7.56. The summed E-state index contributed by atoms with van der Waals surface area (Å²) in [7, 11) is -3.18. The Balaban J connectivity index is 1.99. The van der Waals surface area contributed by atoms with Crippen LogP contribution in [-0.2, 0) is 34.5 Å². The van der Waals surface area contributed by atoms with Gasteiger partial charge in [0.15, 0.2) is 16.6 Å². The van der Waals surface area contributed by atoms with Crippen LogP contribution in [0.2, 0.25) is 36.3 Å². The van der Waals surface area contributed by atoms with E-state index in [1.165, 1.54) is 6.08 Å². The summed E-state index contributed by atoms with van der Waals surface area (Å²) in [5.41, 5.74) is 0.231. The lowest BCUT2D eigenvalue weighted by atomic mass is 9.79. The number of imide groups is 1. The number of hydrogen-bond acceptors (Lipinski definition) is 9. The molecule has 0 saturated carbocycles. The Labute approximate surface area is 303 Å². The van der Waals surface area contributed by atoms with E-state index in [-0.39, 0.29) is 35.3 Å². The summed E-state index contributed by atoms with van der Waals surface area (Å²) >= 11 is 0. The van der Waals surface area contributed by atoms with Crippen molar-refractivity contribution in [3.63, 3.8) is 0 Å². The number of carbonyl (C=O) groups is 2. The van der Waals surface area contributed by atoms with Crippen molar-refractivity contribution >= 4 is 28.6 Å². The standard InChI is InChI=1S/C38H65NO9Si2/c1-16-29(34(41)39-26(3)22-45-35(39)42)31(40)30(24-46-49(12,13)36(4,5)6)33(48-50(14,15)37(7,8)9)38(10)32(47-38)25(2)21-44-23-27-17-19-28(43-11)20-18-27/h16-20,25-26,29-33,40H,1,21-24H2,2-15H3/t25-,26+,29+,30-,31+,32+,33-,38?/m0/s1. The van der Waals surface area contributed by atoms with Crippen molar-refractivity contribution in [1.29, 1.82) is 0 Å². The number of ether oxygens (including phenoxy) is 4. The fourth-order valence-electron chi connectivity index (χ4n) is 5.97. The highest BCUT2D eigenvalue weighted by Crippen LogP contribution is 2.51. The van der Waals surface area contributed by atoms with E-state index in [0.29, 0.717) is 13.2 Å². The van der Waals surface area contributed by atoms with E-state index in [0.717, 1.165) is 16.2 Å². The fraction of sp³-hybridized carbons (Fsp3) is 0.737. The van der Waals surface area contributed by atoms with Gasteiger partial charge in [0.05, 0.1) is 50.6 Å². The number of nitrogens with zero attached hydrogens (tertiary/aromatic N) is 1. The molecule has 1 N–H and O–H groups in total. The third-order valence-electron chi connectivity index (χ3n) is 11.5. The first-order chi connectivity index (χ1) is 22.9. The summed E-state index contributed by atoms with van der Waals surface area (Å²) in [4.78, 5) is 27.7. The Bertz CT molecular complexity index is 1320. The number of aliphatic hydroxyl groups excluding tert-OH is 1. The summed E-state index contributed by atoms with van der Waals surface area (Å²) < 4.78 is 37.3. The van der Waals surface area contributed by atoms with Gasteiger partial charge in [-0.1, -0.05) is 66.7 Å². The van der Waals surface area contributed by atoms with E-state index in [2.05, 4.69) is 81.2 Å². The average Bonchev–Trinajstić information content (AvgIpc) is 3.60. The summed E-state index contributed by atoms with van der Waals surface area (Å²) in [6.45, 7) is 32.7. The summed E-state index contributed by atoms with van der Waals surface area (Å²) in [5, 5.41) is 12.1. The van der Waals surface area contributed by atoms with Crippen LogP contribution in [0.5, 0.6) is 5.75 Å². The Hall–Kier alpha value is -2.07. The van der Waals surface area contributed by atoms with Crippen LogP contribution in [-0.4, -0.2) is 95.5 Å². The minimum absolute atomic E-state index is 0.0000747. The first kappa shape index (κ1) is 42.3. The first-order valence-electron chi connectivity index (χ1n) is 17.9. The molecule has 0 bridgehead atoms. The maximum Gasteiger partial charge on any atom is 0.416 e. The van der Waals surface area contributed by atoms with Crippen LogP contribution in [0.4, 0.5) is 4.79 Å². The van der Waals surface area contributed by atoms with E-state index in [1.807, 2.05) is 31.2 Å². The van der Waals surface area contributed by atoms with Gasteiger partial charge < -0.3 is 32.9 Å². The minimum Gasteiger partial charge on any atom is -0.497 e. The summed E-state index contributed by atoms with van der Waals surface area (Å²) in [5.74, 6) is -1.56. The quantitative estimate of drug-likeness (QED) is 0.0983. The van der Waals surface area contributed by atoms with Gasteiger partial charge in [0.2, 0.25) is 5.91 Å². The normalized spacial score (nSPS) is 24.6. The van der Waals surface area contributed by atoms with Gasteiger partial charge in [0.25, 0.3) is 0 Å². The van der Waals surface area contributed by atoms with Crippen molar-refractivity contribution in [1.82, 2.24) is 4.90 Å². The minimum atomic E-state index is -2.49. The largest absolute Gasteiger partial charge is 0.497 e. The zero-order chi connectivity index (χ0) is 38.0. The molecule has 2 saturated heterocycles. The molecule has 0 aromatic heterocycles. The predicted molar refractivity (Wildman–Crippen MR) is 201 cm³/mol. The van der Waals surface area contributed by atoms with Crippen molar-refractivity contribution in [2.75, 3.05) is 26.9 Å². The van der Waals surface area contributed by atoms with Crippen LogP contribution < -0.4 is 4.74 Å². The van der Waals surface area contributed by atoms with Crippen molar-refractivity contribution in [3.05, 3.63) is 42.5 Å². The molecule has 2 aliphatic rings. The van der Waals surface area contributed by atoms with Crippen LogP contribution in [0.25, 0.3) is 0 Å². The molecule has 0 aliphatic carbocycles. The Morgan fingerprint density at radius 2 is 1.66 bits per heavy atom. The third kappa shape index (κ3) is 9.48. The highest BCUT2D eigenvalue weighted by atomic mass is 28.4. The van der Waals surface area contributed by atoms with Crippen molar-refractivity contribution in [3.8, 4) is 5.75 Å². The Morgan fingerprint density at radius 3 is 2.14 bits per heavy atom. The zero-order valence-corrected chi connectivity index (χ0v) is 35.1. The molecule has 2 amide bonds. The molecule has 2 heterocycles. The second kappa shape index (κ2) is 15.9. The number of rotatable bonds is 17. The molecule has 3 rings (SSSR count). The Morgan fingerprint density at radius 1 is 1.08 bits per heavy atom. The van der Waals surface area contributed by atoms with Gasteiger partial charge in [-0.05, 0) is 67.8 Å². The maximum absolute atomic E-state index is 14.0. The molecule has 1 unspecified atom stereocenters. The van der Waals surface area contributed by atoms with Crippen LogP contribution in [0, 0.1) is 17.8 Å². The van der Waals surface area contributed by atoms with Gasteiger partial charge in [-0.3, -0.25) is 4.79 Å². The molecular formula is C38H65NO9Si2. The smallest absolute Gasteiger partial charge is 0.416 e. The molecule has 50 heavy (non-hydrogen) atoms. The van der Waals surface area contributed by atoms with Gasteiger partial charge in [-0.15, -0.1) is 6.58 Å². The number of benzene rings is 1. The van der Waals surface area contributed by atoms with Crippen LogP contribution >= 0.6 is 0 Å². The monoisotopic (exact) mass is 735 g/mol. The highest BCUT2D eigenvalue weighted by molar-refractivity contribution is 6.74. The number of aliphatic hydroxyl groups is 1. The van der Waals surface area contributed by atoms with E-state index >= 15 is 0 Å². The molecule has 0 spiro atoms. The molecule has 2 fully saturated rings. The summed E-state index contributed by atoms with van der Waals surface area (Å²) in [6, 6.07) is 7.34. The van der Waals surface area contributed by atoms with Crippen LogP contribution in [0.1, 0.15) is 67.9 Å². The zero-order valence-electron chi connectivity index (χ0n) is 33.1. The van der Waals surface area contributed by atoms with E-state index in [4.69, 9.17) is 27.8 Å². The lowest BCUT2D eigenvalue weighted by molar-refractivity contribution is -0.138. The van der Waals surface area contributed by atoms with E-state index < -0.39 is 64.3 Å². The van der Waals surface area contributed by atoms with Crippen LogP contribution in [0.15, 0.2) is 36.9 Å². The first-order valence-corrected chi connectivity index (χ1v) is 23.7. The molecular weight excluding hydrogens is 671 g/mol. The maximum atomic E-state index is 14.0. The molecule has 1 aromatic rings. The van der Waals surface area contributed by atoms with Gasteiger partial charge in [-0.2, -0.15) is 0 Å². The van der Waals surface area contributed by atoms with Crippen molar-refractivity contribution in [2.45, 2.75) is 135 Å². The number of carbonyl (C=O) groups excluding carboxylic acids is 2. The second-order valence-corrected chi connectivity index (χ2v) is 27.0. The number of cyclic esters (lactones) is 1. The third-order valence-corrected chi connectivity index (χ3v) is 20.5. The highest BCUT2D eigenvalue weighted by Gasteiger charge is 2.65. The number of epoxide rings is 1. The second-order valence-electron chi connectivity index (χ2n) is 17.5. The molecule has 10 nitrogen and oxygen atoms in total. The van der Waals surface area contributed by atoms with Crippen molar-refractivity contribution < 1.29 is 42.5 Å². The number of hydrogen-bond donors (Lipinski definition) is 1. The molecule has 2 aliphatic heterocycles. The fourth-order valence-corrected chi connectivity index (χ4v) is 8.41. The lowest BCUT2D eigenvalue weighted by Crippen LogP contribution is -2.57. The Kier molecular flexibility index (Phi) is 13.5. The topological polar surface area (TPSA) is 116 Å². The van der Waals surface area contributed by atoms with Gasteiger partial charge in [-0.25, -0.2) is 9.69 Å². The van der Waals surface area contributed by atoms with Gasteiger partial charge in [0.1, 0.15) is 18.0 Å².